The fraction of sp³-hybridized carbons (Fsp3) is 0.907. The largest absolute Gasteiger partial charge is 0.294 e. The zero-order valence-electron chi connectivity index (χ0n) is 59.3. The summed E-state index contributed by atoms with van der Waals surface area (Å²) >= 11 is 0. The van der Waals surface area contributed by atoms with Gasteiger partial charge in [-0.05, 0) is 326 Å². The van der Waals surface area contributed by atoms with E-state index in [1.54, 1.807) is 73.7 Å². The van der Waals surface area contributed by atoms with E-state index in [2.05, 4.69) is 89.5 Å². The van der Waals surface area contributed by atoms with Gasteiger partial charge in [-0.1, -0.05) is 177 Å². The van der Waals surface area contributed by atoms with Crippen molar-refractivity contribution in [2.75, 3.05) is 0 Å². The Labute approximate surface area is 545 Å². The Bertz CT molecular complexity index is 1950. The van der Waals surface area contributed by atoms with Crippen molar-refractivity contribution >= 4 is 0 Å². The van der Waals surface area contributed by atoms with E-state index in [1.165, 1.54) is 231 Å². The number of rotatable bonds is 14. The molecule has 2 nitrogen and oxygen atoms in total. The minimum Gasteiger partial charge on any atom is -0.294 e. The molecule has 8 atom stereocenters. The van der Waals surface area contributed by atoms with Gasteiger partial charge in [0, 0.05) is 36.3 Å². The van der Waals surface area contributed by atoms with Crippen molar-refractivity contribution in [3.8, 4) is 0 Å². The van der Waals surface area contributed by atoms with Crippen molar-refractivity contribution < 1.29 is 0 Å². The van der Waals surface area contributed by atoms with E-state index in [9.17, 15) is 0 Å². The number of hydrogen-bond donors (Lipinski definition) is 0. The molecule has 496 valence electrons. The zero-order chi connectivity index (χ0) is 60.4. The molecule has 13 rings (SSSR count). The Morgan fingerprint density at radius 3 is 0.625 bits per heavy atom. The van der Waals surface area contributed by atoms with Crippen LogP contribution in [0.4, 0.5) is 0 Å². The highest BCUT2D eigenvalue weighted by molar-refractivity contribution is 5.17. The smallest absolute Gasteiger partial charge is 0.0164 e. The molecule has 0 radical (unpaired) electrons. The summed E-state index contributed by atoms with van der Waals surface area (Å²) < 4.78 is 0. The lowest BCUT2D eigenvalue weighted by molar-refractivity contribution is -0.174. The summed E-state index contributed by atoms with van der Waals surface area (Å²) in [6.07, 6.45) is 77.3. The van der Waals surface area contributed by atoms with Crippen LogP contribution < -0.4 is 0 Å². The van der Waals surface area contributed by atoms with Crippen LogP contribution in [0.15, 0.2) is 46.6 Å². The molecule has 0 aromatic rings. The van der Waals surface area contributed by atoms with E-state index in [0.29, 0.717) is 0 Å². The van der Waals surface area contributed by atoms with Gasteiger partial charge in [-0.25, -0.2) is 0 Å². The second-order valence-corrected chi connectivity index (χ2v) is 36.8. The average Bonchev–Trinajstić information content (AvgIpc) is 1.35. The van der Waals surface area contributed by atoms with Crippen molar-refractivity contribution in [2.24, 2.45) is 118 Å². The molecule has 8 unspecified atom stereocenters. The molecule has 0 N–H and O–H groups in total. The maximum Gasteiger partial charge on any atom is 0.0164 e. The van der Waals surface area contributed by atoms with Crippen LogP contribution in [0, 0.1) is 118 Å². The average molecular weight is 1200 g/mol. The highest BCUT2D eigenvalue weighted by atomic mass is 15.3. The summed E-state index contributed by atoms with van der Waals surface area (Å²) in [7, 11) is 0. The Morgan fingerprint density at radius 2 is 0.432 bits per heavy atom. The van der Waals surface area contributed by atoms with Crippen molar-refractivity contribution in [1.29, 1.82) is 0 Å². The molecule has 0 heterocycles. The topological polar surface area (TPSA) is 6.48 Å². The molecule has 0 aromatic carbocycles. The van der Waals surface area contributed by atoms with Gasteiger partial charge in [-0.15, -0.1) is 0 Å². The molecule has 88 heavy (non-hydrogen) atoms. The Morgan fingerprint density at radius 1 is 0.239 bits per heavy atom. The molecule has 0 aliphatic heterocycles. The lowest BCUT2D eigenvalue weighted by Gasteiger charge is -2.67. The van der Waals surface area contributed by atoms with Gasteiger partial charge in [0.25, 0.3) is 0 Å². The van der Waals surface area contributed by atoms with Crippen LogP contribution in [0.3, 0.4) is 0 Å². The molecule has 0 spiro atoms. The Balaban J connectivity index is 0.840. The minimum atomic E-state index is 0.809. The van der Waals surface area contributed by atoms with Crippen molar-refractivity contribution in [3.05, 3.63) is 46.6 Å². The van der Waals surface area contributed by atoms with Crippen LogP contribution in [0.5, 0.6) is 0 Å². The fourth-order valence-corrected chi connectivity index (χ4v) is 25.7. The summed E-state index contributed by atoms with van der Waals surface area (Å²) in [5, 5.41) is 0. The van der Waals surface area contributed by atoms with Gasteiger partial charge in [-0.2, -0.15) is 0 Å². The van der Waals surface area contributed by atoms with Gasteiger partial charge in [-0.3, -0.25) is 9.80 Å². The van der Waals surface area contributed by atoms with Crippen LogP contribution in [0.1, 0.15) is 338 Å². The molecule has 13 saturated carbocycles. The highest BCUT2D eigenvalue weighted by Crippen LogP contribution is 2.63. The molecular formula is C86H142N2. The third kappa shape index (κ3) is 15.4. The molecule has 13 fully saturated rings. The van der Waals surface area contributed by atoms with Gasteiger partial charge in [0.05, 0.1) is 0 Å². The van der Waals surface area contributed by atoms with Gasteiger partial charge in [0.15, 0.2) is 0 Å². The number of hydrogen-bond acceptors (Lipinski definition) is 2. The SMILES string of the molecule is C/C(=C\C1CCC(N(C2CCC(/C=C(\C)C3CCC(C)CC3)CC2)C2C3CC4CCCCC4CC3C(N(C3CCC(/C=C(\C)C4CCC(C)CC4)CC3)C3CCC(/C=C(\C)C4CCC(C)CC4)CC3)C3CC4CCCCC4CC32)CC1)C1CCC(C)CC1. The first-order valence-corrected chi connectivity index (χ1v) is 41.1. The van der Waals surface area contributed by atoms with E-state index in [-0.39, 0.29) is 0 Å². The molecule has 0 bridgehead atoms. The van der Waals surface area contributed by atoms with Crippen LogP contribution in [-0.2, 0) is 0 Å². The second-order valence-electron chi connectivity index (χ2n) is 36.8. The van der Waals surface area contributed by atoms with Crippen molar-refractivity contribution in [2.45, 2.75) is 374 Å². The van der Waals surface area contributed by atoms with E-state index < -0.39 is 0 Å². The predicted molar refractivity (Wildman–Crippen MR) is 377 cm³/mol. The lowest BCUT2D eigenvalue weighted by atomic mass is 9.47. The zero-order valence-corrected chi connectivity index (χ0v) is 59.3. The fourth-order valence-electron chi connectivity index (χ4n) is 25.7. The van der Waals surface area contributed by atoms with Gasteiger partial charge in [0.2, 0.25) is 0 Å². The van der Waals surface area contributed by atoms with E-state index in [4.69, 9.17) is 0 Å². The van der Waals surface area contributed by atoms with Gasteiger partial charge >= 0.3 is 0 Å². The first kappa shape index (κ1) is 65.5. The minimum absolute atomic E-state index is 0.809. The predicted octanol–water partition coefficient (Wildman–Crippen LogP) is 24.3. The van der Waals surface area contributed by atoms with Gasteiger partial charge in [0.1, 0.15) is 0 Å². The first-order chi connectivity index (χ1) is 42.8. The van der Waals surface area contributed by atoms with Crippen molar-refractivity contribution in [3.63, 3.8) is 0 Å². The summed E-state index contributed by atoms with van der Waals surface area (Å²) in [5.41, 5.74) is 7.17. The quantitative estimate of drug-likeness (QED) is 0.160. The van der Waals surface area contributed by atoms with Crippen LogP contribution in [-0.4, -0.2) is 46.1 Å². The van der Waals surface area contributed by atoms with Gasteiger partial charge < -0.3 is 0 Å². The normalized spacial score (nSPS) is 47.2. The summed E-state index contributed by atoms with van der Waals surface area (Å²) in [6, 6.07) is 4.91. The molecule has 2 heteroatoms. The maximum atomic E-state index is 3.66. The number of fused-ring (bicyclic) bond motifs is 4. The third-order valence-corrected chi connectivity index (χ3v) is 31.3. The van der Waals surface area contributed by atoms with Crippen LogP contribution in [0.2, 0.25) is 0 Å². The molecule has 0 saturated heterocycles. The standard InChI is InChI=1S/C86H142N2/c1-57-17-33-69(34-18-57)61(5)49-65-25-41-77(42-26-65)87(78-43-27-66(28-44-78)50-62(6)70-35-19-58(2)20-36-70)85-81-53-73-13-9-11-15-75(73)55-83(81)86(84-56-76-16-12-10-14-74(76)54-82(84)85)88(79-45-29-67(30-46-79)51-63(7)71-37-21-59(3)22-38-71)80-47-31-68(32-48-80)52-64(8)72-39-23-60(4)24-40-72/h49-52,57-60,65-86H,9-48,53-56H2,1-8H3/b61-49+,62-50+,63-51+,64-52+. The maximum absolute atomic E-state index is 3.66. The number of nitrogens with zero attached hydrogens (tertiary/aromatic N) is 2. The summed E-state index contributed by atoms with van der Waals surface area (Å²) in [5.74, 6) is 18.2. The monoisotopic (exact) mass is 1200 g/mol. The lowest BCUT2D eigenvalue weighted by Crippen LogP contribution is -2.70. The molecular weight excluding hydrogens is 1060 g/mol. The molecule has 0 amide bonds. The van der Waals surface area contributed by atoms with Crippen LogP contribution in [0.25, 0.3) is 0 Å². The third-order valence-electron chi connectivity index (χ3n) is 31.3. The summed E-state index contributed by atoms with van der Waals surface area (Å²) in [6.45, 7) is 20.4. The van der Waals surface area contributed by atoms with E-state index in [0.717, 1.165) is 155 Å². The number of allylic oxidation sites excluding steroid dienone is 8. The Hall–Kier alpha value is -1.12. The Kier molecular flexibility index (Phi) is 22.6. The first-order valence-electron chi connectivity index (χ1n) is 41.1. The summed E-state index contributed by atoms with van der Waals surface area (Å²) in [4.78, 5) is 7.32. The molecule has 13 aliphatic carbocycles. The molecule has 13 aliphatic rings. The second kappa shape index (κ2) is 30.3. The van der Waals surface area contributed by atoms with Crippen molar-refractivity contribution in [1.82, 2.24) is 9.80 Å². The van der Waals surface area contributed by atoms with Crippen LogP contribution >= 0.6 is 0 Å². The molecule has 0 aromatic heterocycles. The highest BCUT2D eigenvalue weighted by Gasteiger charge is 2.61. The van der Waals surface area contributed by atoms with E-state index in [1.807, 2.05) is 0 Å². The van der Waals surface area contributed by atoms with E-state index >= 15 is 0 Å².